The van der Waals surface area contributed by atoms with Crippen LogP contribution >= 0.6 is 0 Å². The molecule has 1 fully saturated rings. The largest absolute Gasteiger partial charge is 0.493 e. The number of carboxylic acids is 1. The van der Waals surface area contributed by atoms with Crippen LogP contribution in [0.2, 0.25) is 0 Å². The number of ether oxygens (including phenoxy) is 2. The number of aliphatic carboxylic acids is 1. The highest BCUT2D eigenvalue weighted by molar-refractivity contribution is 5.95. The number of piperidine rings is 1. The molecule has 2 aliphatic rings. The summed E-state index contributed by atoms with van der Waals surface area (Å²) in [6.45, 7) is 1.92. The Bertz CT molecular complexity index is 659. The summed E-state index contributed by atoms with van der Waals surface area (Å²) in [6.07, 6.45) is 3.54. The van der Waals surface area contributed by atoms with E-state index < -0.39 is 11.4 Å². The maximum absolute atomic E-state index is 12.9. The summed E-state index contributed by atoms with van der Waals surface area (Å²) in [5.41, 5.74) is 0.747. The number of carbonyl (C=O) groups is 2. The quantitative estimate of drug-likeness (QED) is 0.885. The number of rotatable bonds is 5. The fraction of sp³-hybridized carbons (Fsp3) is 0.579. The maximum Gasteiger partial charge on any atom is 0.311 e. The third-order valence-electron chi connectivity index (χ3n) is 5.26. The van der Waals surface area contributed by atoms with Gasteiger partial charge in [-0.3, -0.25) is 9.59 Å². The van der Waals surface area contributed by atoms with Crippen LogP contribution in [0.1, 0.15) is 41.6 Å². The van der Waals surface area contributed by atoms with Crippen LogP contribution in [0, 0.1) is 5.41 Å². The zero-order valence-electron chi connectivity index (χ0n) is 14.6. The van der Waals surface area contributed by atoms with Crippen LogP contribution in [0.3, 0.4) is 0 Å². The third kappa shape index (κ3) is 3.63. The number of benzene rings is 1. The predicted octanol–water partition coefficient (Wildman–Crippen LogP) is 2.36. The number of hydrogen-bond donors (Lipinski definition) is 1. The number of fused-ring (bicyclic) bond motifs is 1. The molecule has 0 aliphatic carbocycles. The van der Waals surface area contributed by atoms with Gasteiger partial charge in [-0.2, -0.15) is 0 Å². The van der Waals surface area contributed by atoms with E-state index in [0.717, 1.165) is 24.2 Å². The first kappa shape index (κ1) is 17.7. The molecule has 1 atom stereocenters. The molecule has 3 rings (SSSR count). The van der Waals surface area contributed by atoms with Gasteiger partial charge in [-0.25, -0.2) is 0 Å². The molecule has 6 heteroatoms. The summed E-state index contributed by atoms with van der Waals surface area (Å²) in [4.78, 5) is 26.5. The molecule has 0 aromatic heterocycles. The minimum absolute atomic E-state index is 0.101. The lowest BCUT2D eigenvalue weighted by atomic mass is 9.77. The molecule has 1 aromatic carbocycles. The molecule has 0 spiro atoms. The Labute approximate surface area is 147 Å². The van der Waals surface area contributed by atoms with Gasteiger partial charge in [0.15, 0.2) is 0 Å². The molecule has 1 saturated heterocycles. The van der Waals surface area contributed by atoms with E-state index in [1.165, 1.54) is 0 Å². The number of likely N-dealkylation sites (tertiary alicyclic amines) is 1. The van der Waals surface area contributed by atoms with Crippen LogP contribution in [0.4, 0.5) is 0 Å². The van der Waals surface area contributed by atoms with Crippen molar-refractivity contribution in [2.24, 2.45) is 5.41 Å². The molecule has 0 saturated carbocycles. The van der Waals surface area contributed by atoms with E-state index in [2.05, 4.69) is 0 Å². The smallest absolute Gasteiger partial charge is 0.311 e. The molecule has 1 aromatic rings. The number of amides is 1. The van der Waals surface area contributed by atoms with E-state index in [1.54, 1.807) is 18.1 Å². The fourth-order valence-corrected chi connectivity index (χ4v) is 3.76. The molecular formula is C19H25NO5. The topological polar surface area (TPSA) is 76.1 Å². The van der Waals surface area contributed by atoms with Crippen molar-refractivity contribution in [3.05, 3.63) is 29.3 Å². The van der Waals surface area contributed by atoms with Gasteiger partial charge < -0.3 is 19.5 Å². The van der Waals surface area contributed by atoms with E-state index in [-0.39, 0.29) is 12.5 Å². The summed E-state index contributed by atoms with van der Waals surface area (Å²) in [7, 11) is 1.57. The van der Waals surface area contributed by atoms with Crippen molar-refractivity contribution >= 4 is 11.9 Å². The summed E-state index contributed by atoms with van der Waals surface area (Å²) >= 11 is 0. The summed E-state index contributed by atoms with van der Waals surface area (Å²) in [5.74, 6) is -0.0987. The van der Waals surface area contributed by atoms with Crippen molar-refractivity contribution in [1.82, 2.24) is 4.90 Å². The van der Waals surface area contributed by atoms with Gasteiger partial charge in [0, 0.05) is 32.4 Å². The van der Waals surface area contributed by atoms with Gasteiger partial charge in [0.2, 0.25) is 0 Å². The van der Waals surface area contributed by atoms with Crippen molar-refractivity contribution < 1.29 is 24.2 Å². The third-order valence-corrected chi connectivity index (χ3v) is 5.26. The van der Waals surface area contributed by atoms with Crippen LogP contribution in [0.5, 0.6) is 5.75 Å². The number of methoxy groups -OCH3 is 1. The van der Waals surface area contributed by atoms with Gasteiger partial charge in [0.1, 0.15) is 5.75 Å². The van der Waals surface area contributed by atoms with Crippen molar-refractivity contribution in [2.45, 2.75) is 32.1 Å². The zero-order valence-corrected chi connectivity index (χ0v) is 14.6. The Balaban J connectivity index is 1.78. The number of carbonyl (C=O) groups excluding carboxylic acids is 1. The van der Waals surface area contributed by atoms with E-state index in [0.29, 0.717) is 44.6 Å². The predicted molar refractivity (Wildman–Crippen MR) is 92.0 cm³/mol. The first-order valence-corrected chi connectivity index (χ1v) is 8.83. The molecule has 1 N–H and O–H groups in total. The van der Waals surface area contributed by atoms with Gasteiger partial charge in [0.05, 0.1) is 12.0 Å². The van der Waals surface area contributed by atoms with Gasteiger partial charge >= 0.3 is 5.97 Å². The summed E-state index contributed by atoms with van der Waals surface area (Å²) < 4.78 is 10.7. The summed E-state index contributed by atoms with van der Waals surface area (Å²) in [6, 6.07) is 5.52. The Morgan fingerprint density at radius 3 is 2.96 bits per heavy atom. The van der Waals surface area contributed by atoms with Crippen LogP contribution in [0.25, 0.3) is 0 Å². The number of aryl methyl sites for hydroxylation is 1. The first-order chi connectivity index (χ1) is 12.1. The summed E-state index contributed by atoms with van der Waals surface area (Å²) in [5, 5.41) is 9.73. The van der Waals surface area contributed by atoms with Gasteiger partial charge in [-0.1, -0.05) is 0 Å². The van der Waals surface area contributed by atoms with E-state index in [9.17, 15) is 14.7 Å². The molecule has 0 radical (unpaired) electrons. The second-order valence-corrected chi connectivity index (χ2v) is 6.93. The van der Waals surface area contributed by atoms with Crippen molar-refractivity contribution in [2.75, 3.05) is 33.4 Å². The Morgan fingerprint density at radius 2 is 2.20 bits per heavy atom. The molecule has 136 valence electrons. The molecule has 0 bridgehead atoms. The van der Waals surface area contributed by atoms with Crippen LogP contribution in [-0.4, -0.2) is 55.3 Å². The van der Waals surface area contributed by atoms with Gasteiger partial charge in [-0.15, -0.1) is 0 Å². The van der Waals surface area contributed by atoms with Gasteiger partial charge in [-0.05, 0) is 55.9 Å². The minimum Gasteiger partial charge on any atom is -0.493 e. The average Bonchev–Trinajstić information content (AvgIpc) is 2.65. The molecule has 1 amide bonds. The molecule has 0 unspecified atom stereocenters. The monoisotopic (exact) mass is 347 g/mol. The minimum atomic E-state index is -0.915. The second kappa shape index (κ2) is 7.44. The van der Waals surface area contributed by atoms with E-state index >= 15 is 0 Å². The van der Waals surface area contributed by atoms with Crippen molar-refractivity contribution in [3.8, 4) is 5.75 Å². The van der Waals surface area contributed by atoms with E-state index in [4.69, 9.17) is 9.47 Å². The number of nitrogens with zero attached hydrogens (tertiary/aromatic N) is 1. The van der Waals surface area contributed by atoms with Crippen LogP contribution in [-0.2, 0) is 16.0 Å². The highest BCUT2D eigenvalue weighted by Crippen LogP contribution is 2.35. The Kier molecular flexibility index (Phi) is 5.27. The van der Waals surface area contributed by atoms with Gasteiger partial charge in [0.25, 0.3) is 5.91 Å². The van der Waals surface area contributed by atoms with Crippen LogP contribution < -0.4 is 4.74 Å². The lowest BCUT2D eigenvalue weighted by Gasteiger charge is -2.40. The zero-order chi connectivity index (χ0) is 17.9. The lowest BCUT2D eigenvalue weighted by Crippen LogP contribution is -2.50. The number of carboxylic acid groups (broad SMARTS) is 1. The molecule has 2 heterocycles. The van der Waals surface area contributed by atoms with E-state index in [1.807, 2.05) is 12.1 Å². The fourth-order valence-electron chi connectivity index (χ4n) is 3.76. The molecule has 2 aliphatic heterocycles. The normalized spacial score (nSPS) is 22.8. The molecular weight excluding hydrogens is 322 g/mol. The highest BCUT2D eigenvalue weighted by atomic mass is 16.5. The molecule has 6 nitrogen and oxygen atoms in total. The lowest BCUT2D eigenvalue weighted by molar-refractivity contribution is -0.153. The van der Waals surface area contributed by atoms with Crippen LogP contribution in [0.15, 0.2) is 18.2 Å². The second-order valence-electron chi connectivity index (χ2n) is 6.93. The highest BCUT2D eigenvalue weighted by Gasteiger charge is 2.43. The van der Waals surface area contributed by atoms with Crippen molar-refractivity contribution in [3.63, 3.8) is 0 Å². The Hall–Kier alpha value is -2.08. The maximum atomic E-state index is 12.9. The van der Waals surface area contributed by atoms with Crippen molar-refractivity contribution in [1.29, 1.82) is 0 Å². The first-order valence-electron chi connectivity index (χ1n) is 8.83. The molecule has 25 heavy (non-hydrogen) atoms. The SMILES string of the molecule is COCC[C@]1(C(=O)O)CCCN(C(=O)c2ccc3c(c2)CCCO3)C1. The average molecular weight is 347 g/mol. The Morgan fingerprint density at radius 1 is 1.36 bits per heavy atom. The standard InChI is InChI=1S/C19H25NO5/c1-24-11-8-19(18(22)23)7-3-9-20(13-19)17(21)15-5-6-16-14(12-15)4-2-10-25-16/h5-6,12H,2-4,7-11,13H2,1H3,(H,22,23)/t19-/m1/s1. The number of hydrogen-bond acceptors (Lipinski definition) is 4.